The molecule has 0 bridgehead atoms. The van der Waals surface area contributed by atoms with Gasteiger partial charge in [-0.25, -0.2) is 9.37 Å². The lowest BCUT2D eigenvalue weighted by atomic mass is 10.1. The average molecular weight is 304 g/mol. The Balaban J connectivity index is 2.09. The lowest BCUT2D eigenvalue weighted by Gasteiger charge is -2.03. The summed E-state index contributed by atoms with van der Waals surface area (Å²) >= 11 is 1.44. The van der Waals surface area contributed by atoms with Crippen molar-refractivity contribution in [3.05, 3.63) is 46.9 Å². The topological polar surface area (TPSA) is 54.6 Å². The molecule has 0 saturated heterocycles. The number of aliphatic carboxylic acids is 1. The third kappa shape index (κ3) is 2.42. The molecule has 2 aromatic heterocycles. The average Bonchev–Trinajstić information content (AvgIpc) is 2.98. The van der Waals surface area contributed by atoms with Crippen LogP contribution in [-0.2, 0) is 11.2 Å². The number of rotatable bonds is 4. The van der Waals surface area contributed by atoms with Gasteiger partial charge in [0.25, 0.3) is 0 Å². The molecule has 0 radical (unpaired) electrons. The molecule has 1 aromatic carbocycles. The Morgan fingerprint density at radius 3 is 2.90 bits per heavy atom. The maximum atomic E-state index is 13.9. The Morgan fingerprint density at radius 2 is 2.19 bits per heavy atom. The van der Waals surface area contributed by atoms with Crippen molar-refractivity contribution >= 4 is 22.3 Å². The molecule has 3 aromatic rings. The van der Waals surface area contributed by atoms with Crippen molar-refractivity contribution in [3.63, 3.8) is 0 Å². The van der Waals surface area contributed by atoms with Crippen molar-refractivity contribution in [3.8, 4) is 11.3 Å². The van der Waals surface area contributed by atoms with Crippen LogP contribution in [0.15, 0.2) is 29.6 Å². The molecule has 0 aliphatic heterocycles. The summed E-state index contributed by atoms with van der Waals surface area (Å²) in [5.41, 5.74) is 2.80. The van der Waals surface area contributed by atoms with Crippen LogP contribution in [0.5, 0.6) is 0 Å². The fourth-order valence-electron chi connectivity index (χ4n) is 2.38. The number of imidazole rings is 1. The van der Waals surface area contributed by atoms with Gasteiger partial charge >= 0.3 is 5.97 Å². The molecule has 0 saturated carbocycles. The lowest BCUT2D eigenvalue weighted by Crippen LogP contribution is -2.00. The van der Waals surface area contributed by atoms with Crippen molar-refractivity contribution < 1.29 is 14.3 Å². The Labute approximate surface area is 124 Å². The number of thiazole rings is 1. The van der Waals surface area contributed by atoms with Crippen LogP contribution in [0.4, 0.5) is 4.39 Å². The second-order valence-corrected chi connectivity index (χ2v) is 5.60. The predicted molar refractivity (Wildman–Crippen MR) is 79.2 cm³/mol. The second kappa shape index (κ2) is 5.29. The van der Waals surface area contributed by atoms with Gasteiger partial charge in [-0.15, -0.1) is 11.3 Å². The fraction of sp³-hybridized carbons (Fsp3) is 0.200. The SMILES string of the molecule is Cc1c(-c2ccccc2F)nc2scc(CCC(=O)O)n12. The predicted octanol–water partition coefficient (Wildman–Crippen LogP) is 3.53. The molecule has 6 heteroatoms. The molecule has 1 N–H and O–H groups in total. The number of nitrogens with zero attached hydrogens (tertiary/aromatic N) is 2. The first-order valence-electron chi connectivity index (χ1n) is 6.50. The third-order valence-corrected chi connectivity index (χ3v) is 4.26. The van der Waals surface area contributed by atoms with Crippen molar-refractivity contribution in [1.29, 1.82) is 0 Å². The number of carboxylic acid groups (broad SMARTS) is 1. The summed E-state index contributed by atoms with van der Waals surface area (Å²) in [5, 5.41) is 10.7. The number of carboxylic acids is 1. The van der Waals surface area contributed by atoms with Gasteiger partial charge in [-0.05, 0) is 25.5 Å². The Bertz CT molecular complexity index is 822. The molecule has 0 aliphatic carbocycles. The first-order chi connectivity index (χ1) is 10.1. The quantitative estimate of drug-likeness (QED) is 0.802. The second-order valence-electron chi connectivity index (χ2n) is 4.76. The first kappa shape index (κ1) is 13.8. The normalized spacial score (nSPS) is 11.1. The van der Waals surface area contributed by atoms with E-state index in [0.29, 0.717) is 17.7 Å². The summed E-state index contributed by atoms with van der Waals surface area (Å²) in [7, 11) is 0. The maximum absolute atomic E-state index is 13.9. The van der Waals surface area contributed by atoms with Crippen molar-refractivity contribution in [2.75, 3.05) is 0 Å². The van der Waals surface area contributed by atoms with E-state index in [4.69, 9.17) is 5.11 Å². The Morgan fingerprint density at radius 1 is 1.43 bits per heavy atom. The molecule has 0 spiro atoms. The molecule has 4 nitrogen and oxygen atoms in total. The molecule has 0 fully saturated rings. The zero-order valence-electron chi connectivity index (χ0n) is 11.3. The van der Waals surface area contributed by atoms with E-state index in [1.54, 1.807) is 18.2 Å². The number of fused-ring (bicyclic) bond motifs is 1. The van der Waals surface area contributed by atoms with E-state index in [0.717, 1.165) is 16.3 Å². The summed E-state index contributed by atoms with van der Waals surface area (Å²) in [4.78, 5) is 16.0. The summed E-state index contributed by atoms with van der Waals surface area (Å²) in [5.74, 6) is -1.14. The van der Waals surface area contributed by atoms with E-state index < -0.39 is 5.97 Å². The van der Waals surface area contributed by atoms with Crippen LogP contribution in [0.1, 0.15) is 17.8 Å². The van der Waals surface area contributed by atoms with Gasteiger partial charge in [0.2, 0.25) is 0 Å². The lowest BCUT2D eigenvalue weighted by molar-refractivity contribution is -0.136. The minimum atomic E-state index is -0.832. The molecule has 0 aliphatic rings. The van der Waals surface area contributed by atoms with Gasteiger partial charge < -0.3 is 5.11 Å². The van der Waals surface area contributed by atoms with E-state index in [-0.39, 0.29) is 12.2 Å². The fourth-order valence-corrected chi connectivity index (χ4v) is 3.35. The Hall–Kier alpha value is -2.21. The van der Waals surface area contributed by atoms with Crippen LogP contribution in [0.2, 0.25) is 0 Å². The first-order valence-corrected chi connectivity index (χ1v) is 7.38. The van der Waals surface area contributed by atoms with E-state index in [2.05, 4.69) is 4.98 Å². The number of aromatic nitrogens is 2. The van der Waals surface area contributed by atoms with Crippen LogP contribution < -0.4 is 0 Å². The zero-order chi connectivity index (χ0) is 15.0. The summed E-state index contributed by atoms with van der Waals surface area (Å²) in [6.45, 7) is 1.87. The molecule has 2 heterocycles. The van der Waals surface area contributed by atoms with Gasteiger partial charge in [0.15, 0.2) is 4.96 Å². The number of benzene rings is 1. The smallest absolute Gasteiger partial charge is 0.303 e. The number of aryl methyl sites for hydroxylation is 2. The van der Waals surface area contributed by atoms with Crippen LogP contribution >= 0.6 is 11.3 Å². The van der Waals surface area contributed by atoms with E-state index in [9.17, 15) is 9.18 Å². The van der Waals surface area contributed by atoms with Crippen LogP contribution in [0, 0.1) is 12.7 Å². The van der Waals surface area contributed by atoms with Gasteiger partial charge in [0, 0.05) is 22.3 Å². The molecule has 21 heavy (non-hydrogen) atoms. The summed E-state index contributed by atoms with van der Waals surface area (Å²) < 4.78 is 15.8. The van der Waals surface area contributed by atoms with Gasteiger partial charge in [-0.1, -0.05) is 12.1 Å². The van der Waals surface area contributed by atoms with Gasteiger partial charge in [0.05, 0.1) is 12.1 Å². The highest BCUT2D eigenvalue weighted by atomic mass is 32.1. The van der Waals surface area contributed by atoms with Gasteiger partial charge in [-0.3, -0.25) is 9.20 Å². The van der Waals surface area contributed by atoms with Crippen LogP contribution in [0.3, 0.4) is 0 Å². The summed E-state index contributed by atoms with van der Waals surface area (Å²) in [6, 6.07) is 6.53. The molecule has 0 atom stereocenters. The van der Waals surface area contributed by atoms with E-state index in [1.165, 1.54) is 17.4 Å². The highest BCUT2D eigenvalue weighted by molar-refractivity contribution is 7.15. The highest BCUT2D eigenvalue weighted by Crippen LogP contribution is 2.29. The minimum Gasteiger partial charge on any atom is -0.481 e. The molecular formula is C15H13FN2O2S. The maximum Gasteiger partial charge on any atom is 0.303 e. The standard InChI is InChI=1S/C15H13FN2O2S/c1-9-14(11-4-2-3-5-12(11)16)17-15-18(9)10(8-21-15)6-7-13(19)20/h2-5,8H,6-7H2,1H3,(H,19,20). The zero-order valence-corrected chi connectivity index (χ0v) is 12.2. The molecular weight excluding hydrogens is 291 g/mol. The molecule has 0 unspecified atom stereocenters. The van der Waals surface area contributed by atoms with E-state index in [1.807, 2.05) is 16.7 Å². The molecule has 0 amide bonds. The molecule has 3 rings (SSSR count). The van der Waals surface area contributed by atoms with Crippen molar-refractivity contribution in [1.82, 2.24) is 9.38 Å². The number of carbonyl (C=O) groups is 1. The number of hydrogen-bond donors (Lipinski definition) is 1. The number of halogens is 1. The Kier molecular flexibility index (Phi) is 3.47. The highest BCUT2D eigenvalue weighted by Gasteiger charge is 2.17. The monoisotopic (exact) mass is 304 g/mol. The van der Waals surface area contributed by atoms with E-state index >= 15 is 0 Å². The van der Waals surface area contributed by atoms with Gasteiger partial charge in [0.1, 0.15) is 5.82 Å². The van der Waals surface area contributed by atoms with Crippen LogP contribution in [-0.4, -0.2) is 20.5 Å². The largest absolute Gasteiger partial charge is 0.481 e. The van der Waals surface area contributed by atoms with Crippen LogP contribution in [0.25, 0.3) is 16.2 Å². The van der Waals surface area contributed by atoms with Gasteiger partial charge in [-0.2, -0.15) is 0 Å². The summed E-state index contributed by atoms with van der Waals surface area (Å²) in [6.07, 6.45) is 0.502. The molecule has 108 valence electrons. The van der Waals surface area contributed by atoms with Crippen molar-refractivity contribution in [2.24, 2.45) is 0 Å². The minimum absolute atomic E-state index is 0.0679. The third-order valence-electron chi connectivity index (χ3n) is 3.39. The number of hydrogen-bond acceptors (Lipinski definition) is 3. The van der Waals surface area contributed by atoms with Crippen molar-refractivity contribution in [2.45, 2.75) is 19.8 Å².